The van der Waals surface area contributed by atoms with Gasteiger partial charge in [0.05, 0.1) is 40.6 Å². The number of benzene rings is 2. The third-order valence-corrected chi connectivity index (χ3v) is 6.36. The molecule has 3 aromatic rings. The van der Waals surface area contributed by atoms with Crippen LogP contribution >= 0.6 is 46.8 Å². The lowest BCUT2D eigenvalue weighted by Gasteiger charge is -2.28. The highest BCUT2D eigenvalue weighted by Gasteiger charge is 2.16. The Balaban J connectivity index is 1.44. The number of thiocarbonyl (C=S) groups is 1. The number of rotatable bonds is 4. The fraction of sp³-hybridized carbons (Fsp3) is 0.250. The number of halogens is 2. The predicted octanol–water partition coefficient (Wildman–Crippen LogP) is 4.58. The van der Waals surface area contributed by atoms with E-state index in [-0.39, 0.29) is 20.7 Å². The van der Waals surface area contributed by atoms with Crippen molar-refractivity contribution in [2.24, 2.45) is 0 Å². The minimum atomic E-state index is -0.445. The molecule has 4 rings (SSSR count). The second-order valence-electron chi connectivity index (χ2n) is 6.65. The molecule has 0 spiro atoms. The van der Waals surface area contributed by atoms with E-state index in [0.29, 0.717) is 10.9 Å². The normalized spacial score (nSPS) is 13.8. The topological polar surface area (TPSA) is 75.7 Å². The molecular formula is C20H18Cl2N4O3S2. The number of amides is 1. The number of morpholine rings is 1. The highest BCUT2D eigenvalue weighted by atomic mass is 35.5. The van der Waals surface area contributed by atoms with E-state index >= 15 is 0 Å². The summed E-state index contributed by atoms with van der Waals surface area (Å²) in [4.78, 5) is 19.3. The van der Waals surface area contributed by atoms with Crippen molar-refractivity contribution in [2.45, 2.75) is 0 Å². The van der Waals surface area contributed by atoms with E-state index in [2.05, 4.69) is 32.7 Å². The second kappa shape index (κ2) is 9.54. The molecule has 31 heavy (non-hydrogen) atoms. The van der Waals surface area contributed by atoms with Gasteiger partial charge in [-0.15, -0.1) is 0 Å². The number of anilines is 2. The van der Waals surface area contributed by atoms with Gasteiger partial charge in [-0.25, -0.2) is 4.98 Å². The zero-order valence-electron chi connectivity index (χ0n) is 16.4. The van der Waals surface area contributed by atoms with Crippen LogP contribution in [0, 0.1) is 0 Å². The molecule has 2 aromatic carbocycles. The molecule has 1 fully saturated rings. The molecule has 0 radical (unpaired) electrons. The summed E-state index contributed by atoms with van der Waals surface area (Å²) >= 11 is 18.9. The van der Waals surface area contributed by atoms with Crippen LogP contribution < -0.4 is 20.3 Å². The number of nitrogens with one attached hydrogen (secondary N) is 2. The van der Waals surface area contributed by atoms with Crippen molar-refractivity contribution in [1.82, 2.24) is 10.3 Å². The minimum Gasteiger partial charge on any atom is -0.494 e. The zero-order chi connectivity index (χ0) is 22.0. The lowest BCUT2D eigenvalue weighted by Crippen LogP contribution is -2.36. The number of thiazole rings is 1. The SMILES string of the molecule is COc1c(Cl)cc(C(=O)NC(=S)Nc2nc3ccc(N4CCOCC4)cc3s2)cc1Cl. The van der Waals surface area contributed by atoms with Crippen LogP contribution in [0.2, 0.25) is 10.0 Å². The molecule has 1 aliphatic rings. The van der Waals surface area contributed by atoms with Crippen molar-refractivity contribution in [2.75, 3.05) is 43.6 Å². The number of hydrogen-bond donors (Lipinski definition) is 2. The van der Waals surface area contributed by atoms with Gasteiger partial charge in [0.15, 0.2) is 16.0 Å². The molecule has 1 amide bonds. The number of nitrogens with zero attached hydrogens (tertiary/aromatic N) is 2. The fourth-order valence-electron chi connectivity index (χ4n) is 3.17. The van der Waals surface area contributed by atoms with Gasteiger partial charge in [-0.1, -0.05) is 34.5 Å². The monoisotopic (exact) mass is 496 g/mol. The number of aromatic nitrogens is 1. The van der Waals surface area contributed by atoms with E-state index in [1.807, 2.05) is 6.07 Å². The number of hydrogen-bond acceptors (Lipinski definition) is 7. The minimum absolute atomic E-state index is 0.125. The molecule has 1 saturated heterocycles. The van der Waals surface area contributed by atoms with Crippen LogP contribution in [0.1, 0.15) is 10.4 Å². The predicted molar refractivity (Wildman–Crippen MR) is 129 cm³/mol. The third kappa shape index (κ3) is 5.02. The molecule has 0 atom stereocenters. The lowest BCUT2D eigenvalue weighted by molar-refractivity contribution is 0.0977. The average molecular weight is 497 g/mol. The van der Waals surface area contributed by atoms with Gasteiger partial charge in [0.1, 0.15) is 0 Å². The van der Waals surface area contributed by atoms with Crippen LogP contribution in [-0.4, -0.2) is 49.4 Å². The summed E-state index contributed by atoms with van der Waals surface area (Å²) < 4.78 is 11.5. The van der Waals surface area contributed by atoms with Crippen LogP contribution in [0.15, 0.2) is 30.3 Å². The Labute approximate surface area is 198 Å². The maximum absolute atomic E-state index is 12.5. The fourth-order valence-corrected chi connectivity index (χ4v) is 4.97. The Morgan fingerprint density at radius 3 is 2.61 bits per heavy atom. The van der Waals surface area contributed by atoms with Crippen molar-refractivity contribution >= 4 is 78.8 Å². The second-order valence-corrected chi connectivity index (χ2v) is 8.91. The van der Waals surface area contributed by atoms with E-state index in [9.17, 15) is 4.79 Å². The average Bonchev–Trinajstić information content (AvgIpc) is 3.15. The van der Waals surface area contributed by atoms with Crippen LogP contribution in [0.3, 0.4) is 0 Å². The quantitative estimate of drug-likeness (QED) is 0.512. The number of carbonyl (C=O) groups excluding carboxylic acids is 1. The molecule has 162 valence electrons. The molecule has 1 aliphatic heterocycles. The van der Waals surface area contributed by atoms with Gasteiger partial charge in [0, 0.05) is 24.3 Å². The first-order valence-electron chi connectivity index (χ1n) is 9.33. The van der Waals surface area contributed by atoms with Crippen LogP contribution in [-0.2, 0) is 4.74 Å². The van der Waals surface area contributed by atoms with Gasteiger partial charge in [0.25, 0.3) is 5.91 Å². The van der Waals surface area contributed by atoms with Crippen molar-refractivity contribution in [3.05, 3.63) is 45.9 Å². The first-order valence-corrected chi connectivity index (χ1v) is 11.3. The third-order valence-electron chi connectivity index (χ3n) is 4.66. The number of fused-ring (bicyclic) bond motifs is 1. The highest BCUT2D eigenvalue weighted by molar-refractivity contribution is 7.80. The van der Waals surface area contributed by atoms with Gasteiger partial charge in [0.2, 0.25) is 0 Å². The first kappa shape index (κ1) is 22.0. The largest absolute Gasteiger partial charge is 0.494 e. The van der Waals surface area contributed by atoms with E-state index < -0.39 is 5.91 Å². The van der Waals surface area contributed by atoms with Gasteiger partial charge in [-0.3, -0.25) is 10.1 Å². The molecule has 2 N–H and O–H groups in total. The van der Waals surface area contributed by atoms with Crippen molar-refractivity contribution < 1.29 is 14.3 Å². The highest BCUT2D eigenvalue weighted by Crippen LogP contribution is 2.34. The molecular weight excluding hydrogens is 479 g/mol. The van der Waals surface area contributed by atoms with Gasteiger partial charge in [-0.05, 0) is 42.5 Å². The molecule has 0 bridgehead atoms. The molecule has 2 heterocycles. The van der Waals surface area contributed by atoms with E-state index in [1.165, 1.54) is 30.6 Å². The van der Waals surface area contributed by atoms with Crippen LogP contribution in [0.25, 0.3) is 10.2 Å². The Hall–Kier alpha value is -2.17. The maximum Gasteiger partial charge on any atom is 0.257 e. The molecule has 1 aromatic heterocycles. The van der Waals surface area contributed by atoms with Crippen molar-refractivity contribution in [3.63, 3.8) is 0 Å². The summed E-state index contributed by atoms with van der Waals surface area (Å²) in [6.45, 7) is 3.19. The number of carbonyl (C=O) groups is 1. The number of ether oxygens (including phenoxy) is 2. The molecule has 0 aliphatic carbocycles. The van der Waals surface area contributed by atoms with E-state index in [1.54, 1.807) is 0 Å². The molecule has 0 unspecified atom stereocenters. The van der Waals surface area contributed by atoms with Crippen molar-refractivity contribution in [3.8, 4) is 5.75 Å². The summed E-state index contributed by atoms with van der Waals surface area (Å²) in [5, 5.41) is 6.77. The van der Waals surface area contributed by atoms with E-state index in [4.69, 9.17) is 44.9 Å². The molecule has 0 saturated carbocycles. The van der Waals surface area contributed by atoms with Gasteiger partial charge in [-0.2, -0.15) is 0 Å². The summed E-state index contributed by atoms with van der Waals surface area (Å²) in [6, 6.07) is 9.07. The van der Waals surface area contributed by atoms with Gasteiger partial charge >= 0.3 is 0 Å². The zero-order valence-corrected chi connectivity index (χ0v) is 19.6. The standard InChI is InChI=1S/C20H18Cl2N4O3S2/c1-28-17-13(21)8-11(9-14(17)22)18(27)24-19(30)25-20-23-15-3-2-12(10-16(15)31-20)26-4-6-29-7-5-26/h2-3,8-10H,4-7H2,1H3,(H2,23,24,25,27,30). The van der Waals surface area contributed by atoms with Crippen LogP contribution in [0.5, 0.6) is 5.75 Å². The summed E-state index contributed by atoms with van der Waals surface area (Å²) in [5.74, 6) is -0.133. The van der Waals surface area contributed by atoms with Gasteiger partial charge < -0.3 is 19.7 Å². The summed E-state index contributed by atoms with van der Waals surface area (Å²) in [7, 11) is 1.45. The molecule has 11 heteroatoms. The Kier molecular flexibility index (Phi) is 6.78. The van der Waals surface area contributed by atoms with E-state index in [0.717, 1.165) is 42.2 Å². The summed E-state index contributed by atoms with van der Waals surface area (Å²) in [5.41, 5.74) is 2.25. The lowest BCUT2D eigenvalue weighted by atomic mass is 10.2. The summed E-state index contributed by atoms with van der Waals surface area (Å²) in [6.07, 6.45) is 0. The Bertz CT molecular complexity index is 1130. The first-order chi connectivity index (χ1) is 14.9. The number of methoxy groups -OCH3 is 1. The Morgan fingerprint density at radius 2 is 1.94 bits per heavy atom. The molecule has 7 nitrogen and oxygen atoms in total. The van der Waals surface area contributed by atoms with Crippen LogP contribution in [0.4, 0.5) is 10.8 Å². The smallest absolute Gasteiger partial charge is 0.257 e. The Morgan fingerprint density at radius 1 is 1.23 bits per heavy atom. The maximum atomic E-state index is 12.5. The van der Waals surface area contributed by atoms with Crippen molar-refractivity contribution in [1.29, 1.82) is 0 Å².